The average molecular weight is 314 g/mol. The summed E-state index contributed by atoms with van der Waals surface area (Å²) >= 11 is 0. The van der Waals surface area contributed by atoms with Gasteiger partial charge in [0.1, 0.15) is 18.0 Å². The zero-order valence-corrected chi connectivity index (χ0v) is 13.3. The van der Waals surface area contributed by atoms with E-state index < -0.39 is 23.0 Å². The molecule has 120 valence electrons. The Hall–Kier alpha value is -2.56. The van der Waals surface area contributed by atoms with Gasteiger partial charge in [-0.05, 0) is 26.3 Å². The van der Waals surface area contributed by atoms with E-state index in [0.29, 0.717) is 5.57 Å². The standard InChI is InChI=1S/C18H18O5/c1-11(19)15-16(21)22-10-17(15,2)18(3)13(9-14(20)23-18)12-7-5-4-6-8-12/h4-9,19H,10H2,1-3H3/b15-11+/t17-,18?/m1/s1. The number of rotatable bonds is 2. The zero-order chi connectivity index (χ0) is 16.8. The lowest BCUT2D eigenvalue weighted by Gasteiger charge is -2.40. The molecule has 0 saturated carbocycles. The van der Waals surface area contributed by atoms with Crippen LogP contribution in [0.15, 0.2) is 47.7 Å². The lowest BCUT2D eigenvalue weighted by atomic mass is 9.66. The molecule has 1 aromatic carbocycles. The molecule has 0 radical (unpaired) electrons. The predicted octanol–water partition coefficient (Wildman–Crippen LogP) is 2.78. The van der Waals surface area contributed by atoms with E-state index in [0.717, 1.165) is 5.56 Å². The second-order valence-electron chi connectivity index (χ2n) is 6.25. The number of esters is 2. The maximum absolute atomic E-state index is 12.1. The van der Waals surface area contributed by atoms with Crippen molar-refractivity contribution in [2.75, 3.05) is 6.61 Å². The Balaban J connectivity index is 2.18. The summed E-state index contributed by atoms with van der Waals surface area (Å²) in [5.41, 5.74) is -0.441. The van der Waals surface area contributed by atoms with E-state index in [1.807, 2.05) is 30.3 Å². The molecule has 1 N–H and O–H groups in total. The van der Waals surface area contributed by atoms with Crippen LogP contribution in [0.4, 0.5) is 0 Å². The maximum Gasteiger partial charge on any atom is 0.338 e. The van der Waals surface area contributed by atoms with E-state index >= 15 is 0 Å². The highest BCUT2D eigenvalue weighted by Crippen LogP contribution is 2.54. The third kappa shape index (κ3) is 2.07. The van der Waals surface area contributed by atoms with Crippen molar-refractivity contribution in [1.29, 1.82) is 0 Å². The largest absolute Gasteiger partial charge is 0.512 e. The summed E-state index contributed by atoms with van der Waals surface area (Å²) in [7, 11) is 0. The first kappa shape index (κ1) is 15.3. The Morgan fingerprint density at radius 2 is 1.83 bits per heavy atom. The molecule has 1 fully saturated rings. The SMILES string of the molecule is C/C(O)=C1/C(=O)OC[C@@]1(C)C1(C)OC(=O)C=C1c1ccccc1. The minimum Gasteiger partial charge on any atom is -0.512 e. The molecule has 1 aromatic rings. The molecular weight excluding hydrogens is 296 g/mol. The van der Waals surface area contributed by atoms with Crippen LogP contribution in [0.5, 0.6) is 0 Å². The summed E-state index contributed by atoms with van der Waals surface area (Å²) in [6.45, 7) is 4.99. The topological polar surface area (TPSA) is 72.8 Å². The first-order valence-electron chi connectivity index (χ1n) is 7.37. The Morgan fingerprint density at radius 1 is 1.17 bits per heavy atom. The maximum atomic E-state index is 12.1. The molecule has 2 aliphatic heterocycles. The van der Waals surface area contributed by atoms with Gasteiger partial charge in [-0.15, -0.1) is 0 Å². The molecule has 0 spiro atoms. The number of allylic oxidation sites excluding steroid dienone is 1. The minimum atomic E-state index is -1.11. The molecule has 0 aliphatic carbocycles. The molecule has 0 bridgehead atoms. The number of carbonyl (C=O) groups is 2. The van der Waals surface area contributed by atoms with Crippen LogP contribution in [-0.4, -0.2) is 29.3 Å². The minimum absolute atomic E-state index is 0.0347. The smallest absolute Gasteiger partial charge is 0.338 e. The third-order valence-electron chi connectivity index (χ3n) is 4.83. The number of ether oxygens (including phenoxy) is 2. The molecule has 0 amide bonds. The van der Waals surface area contributed by atoms with E-state index in [-0.39, 0.29) is 17.9 Å². The second kappa shape index (κ2) is 4.98. The van der Waals surface area contributed by atoms with Crippen molar-refractivity contribution < 1.29 is 24.2 Å². The van der Waals surface area contributed by atoms with Crippen LogP contribution in [0.1, 0.15) is 26.3 Å². The van der Waals surface area contributed by atoms with Crippen molar-refractivity contribution >= 4 is 17.5 Å². The lowest BCUT2D eigenvalue weighted by molar-refractivity contribution is -0.151. The number of cyclic esters (lactones) is 2. The molecule has 3 rings (SSSR count). The van der Waals surface area contributed by atoms with Crippen molar-refractivity contribution in [3.63, 3.8) is 0 Å². The Morgan fingerprint density at radius 3 is 2.43 bits per heavy atom. The number of hydrogen-bond acceptors (Lipinski definition) is 5. The van der Waals surface area contributed by atoms with E-state index in [1.165, 1.54) is 13.0 Å². The van der Waals surface area contributed by atoms with Gasteiger partial charge in [0.05, 0.1) is 11.0 Å². The van der Waals surface area contributed by atoms with Gasteiger partial charge in [-0.2, -0.15) is 0 Å². The molecule has 1 unspecified atom stereocenters. The first-order valence-corrected chi connectivity index (χ1v) is 7.37. The van der Waals surface area contributed by atoms with Gasteiger partial charge in [0, 0.05) is 11.6 Å². The van der Waals surface area contributed by atoms with Crippen LogP contribution in [0.3, 0.4) is 0 Å². The van der Waals surface area contributed by atoms with E-state index in [9.17, 15) is 14.7 Å². The summed E-state index contributed by atoms with van der Waals surface area (Å²) in [6.07, 6.45) is 1.44. The van der Waals surface area contributed by atoms with E-state index in [2.05, 4.69) is 0 Å². The summed E-state index contributed by atoms with van der Waals surface area (Å²) in [4.78, 5) is 24.1. The van der Waals surface area contributed by atoms with Crippen molar-refractivity contribution in [3.8, 4) is 0 Å². The fourth-order valence-corrected chi connectivity index (χ4v) is 3.43. The fraction of sp³-hybridized carbons (Fsp3) is 0.333. The van der Waals surface area contributed by atoms with Gasteiger partial charge < -0.3 is 14.6 Å². The van der Waals surface area contributed by atoms with Gasteiger partial charge in [0.15, 0.2) is 0 Å². The van der Waals surface area contributed by atoms with Gasteiger partial charge >= 0.3 is 11.9 Å². The van der Waals surface area contributed by atoms with Crippen LogP contribution in [0, 0.1) is 5.41 Å². The summed E-state index contributed by atoms with van der Waals surface area (Å²) < 4.78 is 10.8. The molecule has 2 aliphatic rings. The third-order valence-corrected chi connectivity index (χ3v) is 4.83. The number of carbonyl (C=O) groups excluding carboxylic acids is 2. The average Bonchev–Trinajstić information content (AvgIpc) is 2.98. The number of hydrogen-bond donors (Lipinski definition) is 1. The van der Waals surface area contributed by atoms with Gasteiger partial charge in [0.25, 0.3) is 0 Å². The van der Waals surface area contributed by atoms with E-state index in [4.69, 9.17) is 9.47 Å². The van der Waals surface area contributed by atoms with Crippen molar-refractivity contribution in [2.45, 2.75) is 26.4 Å². The van der Waals surface area contributed by atoms with Crippen molar-refractivity contribution in [1.82, 2.24) is 0 Å². The molecule has 5 heteroatoms. The molecule has 5 nitrogen and oxygen atoms in total. The van der Waals surface area contributed by atoms with Crippen molar-refractivity contribution in [3.05, 3.63) is 53.3 Å². The predicted molar refractivity (Wildman–Crippen MR) is 83.3 cm³/mol. The Bertz CT molecular complexity index is 742. The van der Waals surface area contributed by atoms with E-state index in [1.54, 1.807) is 13.8 Å². The van der Waals surface area contributed by atoms with Crippen LogP contribution in [0.25, 0.3) is 5.57 Å². The Labute approximate surface area is 134 Å². The van der Waals surface area contributed by atoms with Crippen LogP contribution < -0.4 is 0 Å². The quantitative estimate of drug-likeness (QED) is 0.516. The van der Waals surface area contributed by atoms with Gasteiger partial charge in [-0.1, -0.05) is 30.3 Å². The van der Waals surface area contributed by atoms with Crippen LogP contribution in [-0.2, 0) is 19.1 Å². The summed E-state index contributed by atoms with van der Waals surface area (Å²) in [6, 6.07) is 9.37. The molecule has 2 atom stereocenters. The highest BCUT2D eigenvalue weighted by atomic mass is 16.6. The number of aliphatic hydroxyl groups is 1. The van der Waals surface area contributed by atoms with Crippen LogP contribution >= 0.6 is 0 Å². The van der Waals surface area contributed by atoms with Crippen molar-refractivity contribution in [2.24, 2.45) is 5.41 Å². The molecule has 0 aromatic heterocycles. The molecule has 1 saturated heterocycles. The molecule has 2 heterocycles. The van der Waals surface area contributed by atoms with Gasteiger partial charge in [0.2, 0.25) is 0 Å². The number of aliphatic hydroxyl groups excluding tert-OH is 1. The number of benzene rings is 1. The van der Waals surface area contributed by atoms with Gasteiger partial charge in [-0.3, -0.25) is 0 Å². The molecule has 23 heavy (non-hydrogen) atoms. The Kier molecular flexibility index (Phi) is 3.32. The summed E-state index contributed by atoms with van der Waals surface area (Å²) in [5.74, 6) is -1.17. The monoisotopic (exact) mass is 314 g/mol. The summed E-state index contributed by atoms with van der Waals surface area (Å²) in [5, 5.41) is 9.97. The first-order chi connectivity index (χ1) is 10.8. The fourth-order valence-electron chi connectivity index (χ4n) is 3.43. The van der Waals surface area contributed by atoms with Crippen LogP contribution in [0.2, 0.25) is 0 Å². The zero-order valence-electron chi connectivity index (χ0n) is 13.3. The normalized spacial score (nSPS) is 32.4. The molecular formula is C18H18O5. The highest BCUT2D eigenvalue weighted by molar-refractivity contribution is 6.01. The second-order valence-corrected chi connectivity index (χ2v) is 6.25. The highest BCUT2D eigenvalue weighted by Gasteiger charge is 2.61. The van der Waals surface area contributed by atoms with Gasteiger partial charge in [-0.25, -0.2) is 9.59 Å². The lowest BCUT2D eigenvalue weighted by Crippen LogP contribution is -2.47.